The number of aliphatic carboxylic acids is 1. The fourth-order valence-corrected chi connectivity index (χ4v) is 1.61. The van der Waals surface area contributed by atoms with Gasteiger partial charge in [0.25, 0.3) is 0 Å². The quantitative estimate of drug-likeness (QED) is 0.705. The molecular weight excluding hydrogens is 266 g/mol. The van der Waals surface area contributed by atoms with Crippen molar-refractivity contribution in [2.45, 2.75) is 13.0 Å². The summed E-state index contributed by atoms with van der Waals surface area (Å²) in [7, 11) is 1.41. The van der Waals surface area contributed by atoms with Crippen LogP contribution in [0.1, 0.15) is 17.3 Å². The van der Waals surface area contributed by atoms with E-state index in [1.165, 1.54) is 13.2 Å². The van der Waals surface area contributed by atoms with Gasteiger partial charge in [-0.05, 0) is 19.1 Å². The number of hydrogen-bond donors (Lipinski definition) is 2. The molecule has 0 bridgehead atoms. The number of rotatable bonds is 7. The molecule has 20 heavy (non-hydrogen) atoms. The Hall–Kier alpha value is -2.12. The predicted octanol–water partition coefficient (Wildman–Crippen LogP) is 0.534. The normalized spacial score (nSPS) is 12.0. The van der Waals surface area contributed by atoms with Gasteiger partial charge in [0.15, 0.2) is 6.04 Å². The number of benzene rings is 1. The Kier molecular flexibility index (Phi) is 5.95. The number of carboxylic acids is 1. The molecule has 0 heterocycles. The maximum absolute atomic E-state index is 12.0. The summed E-state index contributed by atoms with van der Waals surface area (Å²) in [5.41, 5.74) is 0.176. The van der Waals surface area contributed by atoms with E-state index >= 15 is 0 Å². The van der Waals surface area contributed by atoms with Crippen molar-refractivity contribution in [1.29, 1.82) is 0 Å². The van der Waals surface area contributed by atoms with Crippen LogP contribution in [0.4, 0.5) is 0 Å². The number of aliphatic hydroxyl groups excluding tert-OH is 1. The van der Waals surface area contributed by atoms with Crippen LogP contribution < -0.4 is 4.74 Å². The number of carbonyl (C=O) groups excluding carboxylic acids is 1. The Morgan fingerprint density at radius 3 is 2.50 bits per heavy atom. The Morgan fingerprint density at radius 1 is 1.35 bits per heavy atom. The highest BCUT2D eigenvalue weighted by Gasteiger charge is 2.28. The van der Waals surface area contributed by atoms with E-state index in [0.717, 1.165) is 5.06 Å². The van der Waals surface area contributed by atoms with Crippen LogP contribution in [0.2, 0.25) is 0 Å². The molecule has 0 radical (unpaired) electrons. The monoisotopic (exact) mass is 283 g/mol. The highest BCUT2D eigenvalue weighted by molar-refractivity contribution is 5.92. The van der Waals surface area contributed by atoms with Gasteiger partial charge in [-0.25, -0.2) is 4.79 Å². The number of carbonyl (C=O) groups is 2. The van der Waals surface area contributed by atoms with Crippen LogP contribution in [-0.2, 0) is 9.63 Å². The van der Waals surface area contributed by atoms with E-state index in [1.54, 1.807) is 25.1 Å². The molecule has 1 atom stereocenters. The number of ether oxygens (including phenoxy) is 1. The van der Waals surface area contributed by atoms with Gasteiger partial charge in [0, 0.05) is 6.54 Å². The third kappa shape index (κ3) is 3.69. The van der Waals surface area contributed by atoms with Crippen LogP contribution in [0.5, 0.6) is 5.75 Å². The first-order valence-corrected chi connectivity index (χ1v) is 6.00. The second kappa shape index (κ2) is 7.46. The van der Waals surface area contributed by atoms with Crippen molar-refractivity contribution >= 4 is 11.9 Å². The molecule has 0 aliphatic rings. The zero-order chi connectivity index (χ0) is 15.1. The number of aliphatic hydroxyl groups is 1. The van der Waals surface area contributed by atoms with Crippen molar-refractivity contribution in [2.24, 2.45) is 0 Å². The molecule has 110 valence electrons. The summed E-state index contributed by atoms with van der Waals surface area (Å²) in [4.78, 5) is 28.0. The summed E-state index contributed by atoms with van der Waals surface area (Å²) in [6, 6.07) is 5.12. The van der Waals surface area contributed by atoms with Crippen LogP contribution in [0, 0.1) is 0 Å². The fourth-order valence-electron chi connectivity index (χ4n) is 1.61. The molecule has 1 aromatic rings. The molecule has 0 unspecified atom stereocenters. The average molecular weight is 283 g/mol. The van der Waals surface area contributed by atoms with Crippen LogP contribution in [0.3, 0.4) is 0 Å². The standard InChI is InChI=1S/C13H17NO6/c1-3-14(10(8-15)12(16)17)20-13(18)9-6-4-5-7-11(9)19-2/h4-7,10,15H,3,8H2,1-2H3,(H,16,17)/t10-/m0/s1. The van der Waals surface area contributed by atoms with Crippen LogP contribution in [0.15, 0.2) is 24.3 Å². The summed E-state index contributed by atoms with van der Waals surface area (Å²) in [6.07, 6.45) is 0. The molecule has 0 saturated carbocycles. The average Bonchev–Trinajstić information content (AvgIpc) is 2.46. The molecule has 0 aliphatic heterocycles. The second-order valence-corrected chi connectivity index (χ2v) is 3.85. The highest BCUT2D eigenvalue weighted by Crippen LogP contribution is 2.19. The number of hydroxylamine groups is 2. The molecule has 0 amide bonds. The van der Waals surface area contributed by atoms with Gasteiger partial charge in [0.2, 0.25) is 0 Å². The molecular formula is C13H17NO6. The van der Waals surface area contributed by atoms with E-state index in [2.05, 4.69) is 0 Å². The first-order valence-electron chi connectivity index (χ1n) is 6.00. The van der Waals surface area contributed by atoms with E-state index in [4.69, 9.17) is 19.8 Å². The van der Waals surface area contributed by atoms with Gasteiger partial charge in [-0.15, -0.1) is 5.06 Å². The van der Waals surface area contributed by atoms with Gasteiger partial charge < -0.3 is 19.8 Å². The number of hydrogen-bond acceptors (Lipinski definition) is 6. The van der Waals surface area contributed by atoms with Crippen molar-refractivity contribution in [3.63, 3.8) is 0 Å². The van der Waals surface area contributed by atoms with Crippen molar-refractivity contribution in [3.8, 4) is 5.75 Å². The Morgan fingerprint density at radius 2 is 2.00 bits per heavy atom. The van der Waals surface area contributed by atoms with E-state index in [1.807, 2.05) is 0 Å². The van der Waals surface area contributed by atoms with Gasteiger partial charge in [-0.1, -0.05) is 12.1 Å². The summed E-state index contributed by atoms with van der Waals surface area (Å²) < 4.78 is 5.03. The third-order valence-corrected chi connectivity index (χ3v) is 2.64. The molecule has 0 aromatic heterocycles. The molecule has 0 saturated heterocycles. The lowest BCUT2D eigenvalue weighted by molar-refractivity contribution is -0.175. The van der Waals surface area contributed by atoms with Gasteiger partial charge in [0.1, 0.15) is 11.3 Å². The Bertz CT molecular complexity index is 476. The summed E-state index contributed by atoms with van der Waals surface area (Å²) in [5.74, 6) is -1.70. The van der Waals surface area contributed by atoms with Gasteiger partial charge >= 0.3 is 11.9 Å². The minimum Gasteiger partial charge on any atom is -0.496 e. The Labute approximate surface area is 116 Å². The first-order chi connectivity index (χ1) is 9.54. The molecule has 7 nitrogen and oxygen atoms in total. The van der Waals surface area contributed by atoms with Gasteiger partial charge in [-0.3, -0.25) is 4.79 Å². The molecule has 0 spiro atoms. The maximum Gasteiger partial charge on any atom is 0.360 e. The largest absolute Gasteiger partial charge is 0.496 e. The second-order valence-electron chi connectivity index (χ2n) is 3.85. The summed E-state index contributed by atoms with van der Waals surface area (Å²) >= 11 is 0. The molecule has 1 rings (SSSR count). The fraction of sp³-hybridized carbons (Fsp3) is 0.385. The van der Waals surface area contributed by atoms with E-state index < -0.39 is 24.6 Å². The predicted molar refractivity (Wildman–Crippen MR) is 69.3 cm³/mol. The number of methoxy groups -OCH3 is 1. The van der Waals surface area contributed by atoms with Crippen molar-refractivity contribution < 1.29 is 29.4 Å². The third-order valence-electron chi connectivity index (χ3n) is 2.64. The first kappa shape index (κ1) is 15.9. The minimum absolute atomic E-state index is 0.123. The number of likely N-dealkylation sites (N-methyl/N-ethyl adjacent to an activating group) is 1. The number of carboxylic acid groups (broad SMARTS) is 1. The summed E-state index contributed by atoms with van der Waals surface area (Å²) in [5, 5.41) is 18.9. The van der Waals surface area contributed by atoms with E-state index in [-0.39, 0.29) is 12.1 Å². The van der Waals surface area contributed by atoms with E-state index in [0.29, 0.717) is 5.75 Å². The molecule has 2 N–H and O–H groups in total. The smallest absolute Gasteiger partial charge is 0.360 e. The van der Waals surface area contributed by atoms with Crippen molar-refractivity contribution in [3.05, 3.63) is 29.8 Å². The topological polar surface area (TPSA) is 96.3 Å². The van der Waals surface area contributed by atoms with Gasteiger partial charge in [0.05, 0.1) is 13.7 Å². The van der Waals surface area contributed by atoms with Crippen LogP contribution >= 0.6 is 0 Å². The summed E-state index contributed by atoms with van der Waals surface area (Å²) in [6.45, 7) is 1.07. The Balaban J connectivity index is 2.89. The molecule has 7 heteroatoms. The van der Waals surface area contributed by atoms with Gasteiger partial charge in [-0.2, -0.15) is 0 Å². The number of nitrogens with zero attached hydrogens (tertiary/aromatic N) is 1. The lowest BCUT2D eigenvalue weighted by atomic mass is 10.2. The minimum atomic E-state index is -1.31. The van der Waals surface area contributed by atoms with Crippen molar-refractivity contribution in [2.75, 3.05) is 20.3 Å². The molecule has 0 aliphatic carbocycles. The maximum atomic E-state index is 12.0. The van der Waals surface area contributed by atoms with Crippen LogP contribution in [0.25, 0.3) is 0 Å². The lowest BCUT2D eigenvalue weighted by Gasteiger charge is -2.24. The number of para-hydroxylation sites is 1. The molecule has 0 fully saturated rings. The van der Waals surface area contributed by atoms with E-state index in [9.17, 15) is 9.59 Å². The zero-order valence-corrected chi connectivity index (χ0v) is 11.3. The molecule has 1 aromatic carbocycles. The zero-order valence-electron chi connectivity index (χ0n) is 11.3. The van der Waals surface area contributed by atoms with Crippen molar-refractivity contribution in [1.82, 2.24) is 5.06 Å². The highest BCUT2D eigenvalue weighted by atomic mass is 16.7. The van der Waals surface area contributed by atoms with Crippen LogP contribution in [-0.4, -0.2) is 53.5 Å². The SMILES string of the molecule is CCN(OC(=O)c1ccccc1OC)[C@@H](CO)C(=O)O. The lowest BCUT2D eigenvalue weighted by Crippen LogP contribution is -2.44.